The van der Waals surface area contributed by atoms with Gasteiger partial charge in [-0.3, -0.25) is 24.8 Å². The molecule has 0 aromatic carbocycles. The lowest BCUT2D eigenvalue weighted by Crippen LogP contribution is -2.54. The minimum atomic E-state index is 0.297. The van der Waals surface area contributed by atoms with Crippen LogP contribution in [0.15, 0.2) is 73.2 Å². The van der Waals surface area contributed by atoms with Gasteiger partial charge in [0.1, 0.15) is 0 Å². The van der Waals surface area contributed by atoms with E-state index in [9.17, 15) is 0 Å². The first kappa shape index (κ1) is 18.4. The first-order chi connectivity index (χ1) is 14.3. The van der Waals surface area contributed by atoms with Crippen molar-refractivity contribution in [1.29, 1.82) is 0 Å². The summed E-state index contributed by atoms with van der Waals surface area (Å²) >= 11 is 0. The Balaban J connectivity index is 1.49. The Morgan fingerprint density at radius 3 is 1.79 bits per heavy atom. The monoisotopic (exact) mass is 385 g/mol. The number of pyridine rings is 3. The van der Waals surface area contributed by atoms with E-state index in [-0.39, 0.29) is 0 Å². The van der Waals surface area contributed by atoms with Crippen LogP contribution in [-0.4, -0.2) is 44.9 Å². The van der Waals surface area contributed by atoms with Gasteiger partial charge in [0.25, 0.3) is 0 Å². The molecule has 0 aliphatic carbocycles. The predicted molar refractivity (Wildman–Crippen MR) is 113 cm³/mol. The van der Waals surface area contributed by atoms with E-state index in [0.717, 1.165) is 25.3 Å². The molecule has 2 bridgehead atoms. The fourth-order valence-electron chi connectivity index (χ4n) is 5.42. The Kier molecular flexibility index (Phi) is 5.08. The molecular formula is C24H27N5. The third-order valence-electron chi connectivity index (χ3n) is 6.45. The molecule has 0 N–H and O–H groups in total. The normalized spacial score (nSPS) is 27.6. The van der Waals surface area contributed by atoms with E-state index in [1.165, 1.54) is 17.8 Å². The molecule has 3 aromatic heterocycles. The van der Waals surface area contributed by atoms with E-state index in [1.807, 2.05) is 36.8 Å². The highest BCUT2D eigenvalue weighted by Gasteiger charge is 2.47. The average Bonchev–Trinajstić information content (AvgIpc) is 2.76. The number of hydrogen-bond donors (Lipinski definition) is 0. The second kappa shape index (κ2) is 8.01. The number of hydrogen-bond acceptors (Lipinski definition) is 5. The molecule has 0 amide bonds. The van der Waals surface area contributed by atoms with Crippen molar-refractivity contribution >= 4 is 0 Å². The molecule has 2 fully saturated rings. The van der Waals surface area contributed by atoms with Crippen LogP contribution in [0.5, 0.6) is 0 Å². The summed E-state index contributed by atoms with van der Waals surface area (Å²) in [6, 6.07) is 19.3. The molecule has 4 atom stereocenters. The van der Waals surface area contributed by atoms with Gasteiger partial charge in [0.2, 0.25) is 0 Å². The molecule has 29 heavy (non-hydrogen) atoms. The third kappa shape index (κ3) is 3.68. The van der Waals surface area contributed by atoms with Crippen molar-refractivity contribution < 1.29 is 0 Å². The zero-order valence-corrected chi connectivity index (χ0v) is 16.8. The van der Waals surface area contributed by atoms with Crippen molar-refractivity contribution in [3.05, 3.63) is 90.3 Å². The van der Waals surface area contributed by atoms with Crippen molar-refractivity contribution in [2.45, 2.75) is 25.0 Å². The summed E-state index contributed by atoms with van der Waals surface area (Å²) in [5, 5.41) is 0. The van der Waals surface area contributed by atoms with Crippen molar-refractivity contribution in [3.63, 3.8) is 0 Å². The summed E-state index contributed by atoms with van der Waals surface area (Å²) in [6.45, 7) is 3.06. The fraction of sp³-hybridized carbons (Fsp3) is 0.375. The number of aromatic nitrogens is 3. The quantitative estimate of drug-likeness (QED) is 0.685. The first-order valence-corrected chi connectivity index (χ1v) is 10.5. The SMILES string of the molecule is CN1C(c2ccccn2)C2CC(CN(Cc3ccccn3)C2)C1c1ccccn1. The van der Waals surface area contributed by atoms with Crippen LogP contribution in [-0.2, 0) is 6.54 Å². The highest BCUT2D eigenvalue weighted by Crippen LogP contribution is 2.49. The maximum absolute atomic E-state index is 4.74. The highest BCUT2D eigenvalue weighted by atomic mass is 15.3. The van der Waals surface area contributed by atoms with Gasteiger partial charge < -0.3 is 0 Å². The summed E-state index contributed by atoms with van der Waals surface area (Å²) < 4.78 is 0. The van der Waals surface area contributed by atoms with Gasteiger partial charge >= 0.3 is 0 Å². The van der Waals surface area contributed by atoms with E-state index < -0.39 is 0 Å². The first-order valence-electron chi connectivity index (χ1n) is 10.5. The van der Waals surface area contributed by atoms with Crippen molar-refractivity contribution in [2.24, 2.45) is 11.8 Å². The van der Waals surface area contributed by atoms with Gasteiger partial charge in [-0.2, -0.15) is 0 Å². The second-order valence-corrected chi connectivity index (χ2v) is 8.34. The van der Waals surface area contributed by atoms with E-state index in [1.54, 1.807) is 0 Å². The molecule has 2 aliphatic heterocycles. The van der Waals surface area contributed by atoms with E-state index >= 15 is 0 Å². The molecule has 0 spiro atoms. The van der Waals surface area contributed by atoms with Gasteiger partial charge in [-0.1, -0.05) is 18.2 Å². The van der Waals surface area contributed by atoms with Crippen molar-refractivity contribution in [2.75, 3.05) is 20.1 Å². The molecule has 2 saturated heterocycles. The van der Waals surface area contributed by atoms with Gasteiger partial charge in [0, 0.05) is 38.2 Å². The molecule has 2 aliphatic rings. The van der Waals surface area contributed by atoms with Crippen LogP contribution in [0.25, 0.3) is 0 Å². The van der Waals surface area contributed by atoms with Crippen LogP contribution in [0.3, 0.4) is 0 Å². The lowest BCUT2D eigenvalue weighted by molar-refractivity contribution is -0.0516. The topological polar surface area (TPSA) is 45.2 Å². The number of likely N-dealkylation sites (tertiary alicyclic amines) is 2. The predicted octanol–water partition coefficient (Wildman–Crippen LogP) is 3.74. The van der Waals surface area contributed by atoms with Crippen molar-refractivity contribution in [3.8, 4) is 0 Å². The van der Waals surface area contributed by atoms with Gasteiger partial charge in [0.05, 0.1) is 29.2 Å². The van der Waals surface area contributed by atoms with E-state index in [0.29, 0.717) is 23.9 Å². The summed E-state index contributed by atoms with van der Waals surface area (Å²) in [7, 11) is 2.26. The van der Waals surface area contributed by atoms with Gasteiger partial charge in [-0.15, -0.1) is 0 Å². The molecule has 5 heterocycles. The Labute approximate surface area is 172 Å². The zero-order valence-electron chi connectivity index (χ0n) is 16.8. The van der Waals surface area contributed by atoms with Crippen LogP contribution in [0, 0.1) is 11.8 Å². The second-order valence-electron chi connectivity index (χ2n) is 8.34. The van der Waals surface area contributed by atoms with Crippen LogP contribution < -0.4 is 0 Å². The molecule has 4 unspecified atom stereocenters. The van der Waals surface area contributed by atoms with E-state index in [2.05, 4.69) is 58.2 Å². The number of nitrogens with zero attached hydrogens (tertiary/aromatic N) is 5. The smallest absolute Gasteiger partial charge is 0.0578 e. The minimum Gasteiger partial charge on any atom is -0.297 e. The largest absolute Gasteiger partial charge is 0.297 e. The molecule has 5 nitrogen and oxygen atoms in total. The van der Waals surface area contributed by atoms with Gasteiger partial charge in [0.15, 0.2) is 0 Å². The van der Waals surface area contributed by atoms with Crippen molar-refractivity contribution in [1.82, 2.24) is 24.8 Å². The van der Waals surface area contributed by atoms with Crippen LogP contribution in [0.2, 0.25) is 0 Å². The van der Waals surface area contributed by atoms with Gasteiger partial charge in [-0.25, -0.2) is 0 Å². The van der Waals surface area contributed by atoms with E-state index in [4.69, 9.17) is 9.97 Å². The number of fused-ring (bicyclic) bond motifs is 2. The molecule has 148 valence electrons. The fourth-order valence-corrected chi connectivity index (χ4v) is 5.42. The third-order valence-corrected chi connectivity index (χ3v) is 6.45. The number of rotatable bonds is 4. The molecule has 5 rings (SSSR count). The maximum Gasteiger partial charge on any atom is 0.0578 e. The lowest BCUT2D eigenvalue weighted by atomic mass is 9.73. The summed E-state index contributed by atoms with van der Waals surface area (Å²) in [5.41, 5.74) is 3.47. The van der Waals surface area contributed by atoms with Crippen LogP contribution in [0.1, 0.15) is 35.6 Å². The van der Waals surface area contributed by atoms with Gasteiger partial charge in [-0.05, 0) is 61.7 Å². The standard InChI is InChI=1S/C24H27N5/c1-28-23(21-9-3-6-12-26-21)18-14-19(24(28)22-10-4-7-13-27-22)16-29(15-18)17-20-8-2-5-11-25-20/h2-13,18-19,23-24H,14-17H2,1H3. The zero-order chi connectivity index (χ0) is 19.6. The molecule has 5 heteroatoms. The Bertz CT molecular complexity index is 858. The Hall–Kier alpha value is -2.63. The molecule has 3 aromatic rings. The minimum absolute atomic E-state index is 0.297. The Morgan fingerprint density at radius 1 is 0.759 bits per heavy atom. The average molecular weight is 386 g/mol. The number of piperidine rings is 2. The summed E-state index contributed by atoms with van der Waals surface area (Å²) in [6.07, 6.45) is 6.94. The van der Waals surface area contributed by atoms with Crippen LogP contribution >= 0.6 is 0 Å². The summed E-state index contributed by atoms with van der Waals surface area (Å²) in [5.74, 6) is 1.11. The molecule has 0 saturated carbocycles. The summed E-state index contributed by atoms with van der Waals surface area (Å²) in [4.78, 5) is 19.2. The van der Waals surface area contributed by atoms with Crippen LogP contribution in [0.4, 0.5) is 0 Å². The maximum atomic E-state index is 4.74. The highest BCUT2D eigenvalue weighted by molar-refractivity contribution is 5.19. The molecular weight excluding hydrogens is 358 g/mol. The molecule has 0 radical (unpaired) electrons. The Morgan fingerprint density at radius 2 is 1.31 bits per heavy atom. The lowest BCUT2D eigenvalue weighted by Gasteiger charge is -2.53.